The van der Waals surface area contributed by atoms with Crippen LogP contribution in [0.2, 0.25) is 0 Å². The SMILES string of the molecule is COc1c(Br)cc(C2=CC3=NNC(=O)C3C(c3cccc(Br)c3)C2)cc1Br. The standard InChI is InChI=1S/C20H15Br3N2O2/c1-27-19-15(22)7-12(8-16(19)23)11-6-14(10-3-2-4-13(21)5-10)18-17(9-11)24-25-20(18)26/h2-5,7-9,14,18H,6H2,1H3,(H,25,26). The Labute approximate surface area is 182 Å². The highest BCUT2D eigenvalue weighted by atomic mass is 79.9. The van der Waals surface area contributed by atoms with Crippen molar-refractivity contribution in [1.82, 2.24) is 5.43 Å². The van der Waals surface area contributed by atoms with E-state index in [0.717, 1.165) is 48.0 Å². The number of halogens is 3. The second kappa shape index (κ2) is 7.53. The van der Waals surface area contributed by atoms with Crippen molar-refractivity contribution in [3.8, 4) is 5.75 Å². The molecule has 0 aromatic heterocycles. The van der Waals surface area contributed by atoms with Gasteiger partial charge < -0.3 is 4.74 Å². The number of rotatable bonds is 3. The fourth-order valence-corrected chi connectivity index (χ4v) is 5.61. The Morgan fingerprint density at radius 3 is 2.56 bits per heavy atom. The minimum Gasteiger partial charge on any atom is -0.494 e. The van der Waals surface area contributed by atoms with E-state index in [-0.39, 0.29) is 17.7 Å². The first-order valence-corrected chi connectivity index (χ1v) is 10.7. The highest BCUT2D eigenvalue weighted by molar-refractivity contribution is 9.11. The van der Waals surface area contributed by atoms with Crippen LogP contribution in [0.15, 0.2) is 61.0 Å². The van der Waals surface area contributed by atoms with Gasteiger partial charge in [-0.05, 0) is 85.3 Å². The van der Waals surface area contributed by atoms with E-state index in [1.54, 1.807) is 7.11 Å². The van der Waals surface area contributed by atoms with Gasteiger partial charge in [-0.25, -0.2) is 5.43 Å². The number of hydrogen-bond acceptors (Lipinski definition) is 3. The molecule has 1 amide bonds. The van der Waals surface area contributed by atoms with Gasteiger partial charge in [-0.15, -0.1) is 0 Å². The van der Waals surface area contributed by atoms with Gasteiger partial charge in [0.1, 0.15) is 5.75 Å². The number of hydrazone groups is 1. The lowest BCUT2D eigenvalue weighted by Gasteiger charge is -2.29. The molecule has 4 rings (SSSR count). The lowest BCUT2D eigenvalue weighted by Crippen LogP contribution is -2.31. The Bertz CT molecular complexity index is 977. The summed E-state index contributed by atoms with van der Waals surface area (Å²) in [7, 11) is 1.64. The largest absolute Gasteiger partial charge is 0.494 e. The van der Waals surface area contributed by atoms with Crippen molar-refractivity contribution in [2.75, 3.05) is 7.11 Å². The molecule has 2 aliphatic rings. The van der Waals surface area contributed by atoms with Crippen molar-refractivity contribution in [3.63, 3.8) is 0 Å². The second-order valence-corrected chi connectivity index (χ2v) is 9.12. The molecule has 4 nitrogen and oxygen atoms in total. The molecule has 2 atom stereocenters. The number of hydrogen-bond donors (Lipinski definition) is 1. The molecule has 27 heavy (non-hydrogen) atoms. The molecule has 138 valence electrons. The van der Waals surface area contributed by atoms with Crippen LogP contribution >= 0.6 is 47.8 Å². The van der Waals surface area contributed by atoms with Gasteiger partial charge in [0.2, 0.25) is 5.91 Å². The van der Waals surface area contributed by atoms with Crippen LogP contribution in [0.1, 0.15) is 23.5 Å². The zero-order valence-electron chi connectivity index (χ0n) is 14.3. The van der Waals surface area contributed by atoms with E-state index in [1.165, 1.54) is 0 Å². The summed E-state index contributed by atoms with van der Waals surface area (Å²) in [4.78, 5) is 12.4. The third kappa shape index (κ3) is 3.52. The molecule has 0 fully saturated rings. The Morgan fingerprint density at radius 1 is 1.15 bits per heavy atom. The average Bonchev–Trinajstić information content (AvgIpc) is 3.02. The first-order valence-electron chi connectivity index (χ1n) is 8.35. The van der Waals surface area contributed by atoms with Crippen LogP contribution in [-0.4, -0.2) is 18.7 Å². The summed E-state index contributed by atoms with van der Waals surface area (Å²) in [6.45, 7) is 0. The molecule has 7 heteroatoms. The number of nitrogens with zero attached hydrogens (tertiary/aromatic N) is 1. The van der Waals surface area contributed by atoms with E-state index in [9.17, 15) is 4.79 Å². The highest BCUT2D eigenvalue weighted by Gasteiger charge is 2.40. The topological polar surface area (TPSA) is 50.7 Å². The smallest absolute Gasteiger partial charge is 0.249 e. The number of allylic oxidation sites excluding steroid dienone is 2. The molecule has 2 aromatic rings. The predicted molar refractivity (Wildman–Crippen MR) is 117 cm³/mol. The van der Waals surface area contributed by atoms with Crippen LogP contribution in [-0.2, 0) is 4.79 Å². The second-order valence-electron chi connectivity index (χ2n) is 6.50. The van der Waals surface area contributed by atoms with E-state index >= 15 is 0 Å². The first-order chi connectivity index (χ1) is 13.0. The molecule has 1 aliphatic carbocycles. The van der Waals surface area contributed by atoms with E-state index in [0.29, 0.717) is 0 Å². The molecule has 0 spiro atoms. The molecule has 1 N–H and O–H groups in total. The van der Waals surface area contributed by atoms with Crippen molar-refractivity contribution in [3.05, 3.63) is 67.0 Å². The van der Waals surface area contributed by atoms with Crippen LogP contribution in [0.3, 0.4) is 0 Å². The highest BCUT2D eigenvalue weighted by Crippen LogP contribution is 2.44. The fourth-order valence-electron chi connectivity index (χ4n) is 3.69. The van der Waals surface area contributed by atoms with Crippen molar-refractivity contribution in [2.45, 2.75) is 12.3 Å². The van der Waals surface area contributed by atoms with Gasteiger partial charge >= 0.3 is 0 Å². The van der Waals surface area contributed by atoms with Crippen LogP contribution in [0.25, 0.3) is 5.57 Å². The quantitative estimate of drug-likeness (QED) is 0.533. The van der Waals surface area contributed by atoms with Gasteiger partial charge in [0.05, 0.1) is 27.7 Å². The monoisotopic (exact) mass is 552 g/mol. The molecule has 1 heterocycles. The number of carbonyl (C=O) groups excluding carboxylic acids is 1. The molecule has 2 aromatic carbocycles. The van der Waals surface area contributed by atoms with E-state index in [1.807, 2.05) is 30.3 Å². The van der Waals surface area contributed by atoms with Gasteiger partial charge in [-0.3, -0.25) is 4.79 Å². The zero-order valence-corrected chi connectivity index (χ0v) is 19.1. The molecule has 0 saturated heterocycles. The maximum absolute atomic E-state index is 12.4. The van der Waals surface area contributed by atoms with E-state index in [2.05, 4.69) is 70.4 Å². The van der Waals surface area contributed by atoms with Gasteiger partial charge in [0, 0.05) is 10.4 Å². The van der Waals surface area contributed by atoms with Gasteiger partial charge in [-0.2, -0.15) is 5.10 Å². The number of fused-ring (bicyclic) bond motifs is 1. The van der Waals surface area contributed by atoms with Gasteiger partial charge in [0.15, 0.2) is 0 Å². The van der Waals surface area contributed by atoms with Crippen molar-refractivity contribution >= 4 is 65.0 Å². The maximum atomic E-state index is 12.4. The zero-order chi connectivity index (χ0) is 19.1. The van der Waals surface area contributed by atoms with Crippen LogP contribution in [0.4, 0.5) is 0 Å². The van der Waals surface area contributed by atoms with Crippen LogP contribution < -0.4 is 10.2 Å². The number of nitrogens with one attached hydrogen (secondary N) is 1. The first kappa shape index (κ1) is 18.9. The summed E-state index contributed by atoms with van der Waals surface area (Å²) in [5, 5.41) is 4.27. The van der Waals surface area contributed by atoms with E-state index in [4.69, 9.17) is 4.74 Å². The van der Waals surface area contributed by atoms with Crippen molar-refractivity contribution < 1.29 is 9.53 Å². The van der Waals surface area contributed by atoms with Crippen molar-refractivity contribution in [1.29, 1.82) is 0 Å². The predicted octanol–water partition coefficient (Wildman–Crippen LogP) is 5.66. The van der Waals surface area contributed by atoms with Gasteiger partial charge in [-0.1, -0.05) is 28.1 Å². The molecule has 0 radical (unpaired) electrons. The molecule has 2 unspecified atom stereocenters. The van der Waals surface area contributed by atoms with Crippen LogP contribution in [0.5, 0.6) is 5.75 Å². The third-order valence-electron chi connectivity index (χ3n) is 4.91. The average molecular weight is 555 g/mol. The lowest BCUT2D eigenvalue weighted by atomic mass is 9.73. The Hall–Kier alpha value is -1.44. The Kier molecular flexibility index (Phi) is 5.27. The Morgan fingerprint density at radius 2 is 1.89 bits per heavy atom. The normalized spacial score (nSPS) is 21.3. The lowest BCUT2D eigenvalue weighted by molar-refractivity contribution is -0.122. The maximum Gasteiger partial charge on any atom is 0.249 e. The number of ether oxygens (including phenoxy) is 1. The van der Waals surface area contributed by atoms with E-state index < -0.39 is 0 Å². The molecule has 0 bridgehead atoms. The molecule has 0 saturated carbocycles. The number of amides is 1. The summed E-state index contributed by atoms with van der Waals surface area (Å²) in [5.74, 6) is 0.491. The Balaban J connectivity index is 1.79. The fraction of sp³-hybridized carbons (Fsp3) is 0.200. The molecular weight excluding hydrogens is 540 g/mol. The number of benzene rings is 2. The summed E-state index contributed by atoms with van der Waals surface area (Å²) < 4.78 is 8.16. The number of methoxy groups -OCH3 is 1. The van der Waals surface area contributed by atoms with Crippen molar-refractivity contribution in [2.24, 2.45) is 11.0 Å². The minimum atomic E-state index is -0.256. The molecule has 1 aliphatic heterocycles. The molecular formula is C20H15Br3N2O2. The van der Waals surface area contributed by atoms with Gasteiger partial charge in [0.25, 0.3) is 0 Å². The number of carbonyl (C=O) groups is 1. The minimum absolute atomic E-state index is 0.0309. The summed E-state index contributed by atoms with van der Waals surface area (Å²) in [5.41, 5.74) is 6.75. The summed E-state index contributed by atoms with van der Waals surface area (Å²) >= 11 is 10.7. The summed E-state index contributed by atoms with van der Waals surface area (Å²) in [6.07, 6.45) is 2.77. The summed E-state index contributed by atoms with van der Waals surface area (Å²) in [6, 6.07) is 12.2. The van der Waals surface area contributed by atoms with Crippen LogP contribution in [0, 0.1) is 5.92 Å². The third-order valence-corrected chi connectivity index (χ3v) is 6.58.